The molecule has 0 radical (unpaired) electrons. The number of hydrogen-bond donors (Lipinski definition) is 2. The van der Waals surface area contributed by atoms with Gasteiger partial charge in [0.05, 0.1) is 5.56 Å². The zero-order chi connectivity index (χ0) is 13.3. The highest BCUT2D eigenvalue weighted by Crippen LogP contribution is 2.29. The maximum Gasteiger partial charge on any atom is 0.257 e. The highest BCUT2D eigenvalue weighted by atomic mass is 16.3. The molecular weight excluding hydrogens is 230 g/mol. The van der Waals surface area contributed by atoms with E-state index in [1.165, 1.54) is 18.2 Å². The molecule has 1 aliphatic heterocycles. The molecule has 98 valence electrons. The maximum absolute atomic E-state index is 12.4. The van der Waals surface area contributed by atoms with Gasteiger partial charge in [-0.2, -0.15) is 0 Å². The van der Waals surface area contributed by atoms with Crippen LogP contribution in [0.2, 0.25) is 0 Å². The van der Waals surface area contributed by atoms with Crippen molar-refractivity contribution >= 4 is 5.91 Å². The van der Waals surface area contributed by atoms with Crippen LogP contribution in [0.25, 0.3) is 0 Å². The van der Waals surface area contributed by atoms with Crippen LogP contribution in [0.1, 0.15) is 37.0 Å². The molecule has 18 heavy (non-hydrogen) atoms. The molecule has 1 saturated heterocycles. The first kappa shape index (κ1) is 12.7. The third-order valence-electron chi connectivity index (χ3n) is 3.54. The number of hydrogen-bond acceptors (Lipinski definition) is 3. The van der Waals surface area contributed by atoms with Crippen LogP contribution in [0.4, 0.5) is 0 Å². The van der Waals surface area contributed by atoms with E-state index in [0.29, 0.717) is 5.92 Å². The van der Waals surface area contributed by atoms with Crippen LogP contribution in [-0.4, -0.2) is 33.6 Å². The van der Waals surface area contributed by atoms with Gasteiger partial charge in [-0.05, 0) is 30.9 Å². The van der Waals surface area contributed by atoms with E-state index in [-0.39, 0.29) is 29.0 Å². The first-order chi connectivity index (χ1) is 8.50. The number of aromatic hydroxyl groups is 2. The summed E-state index contributed by atoms with van der Waals surface area (Å²) in [5, 5.41) is 19.0. The average molecular weight is 249 g/mol. The number of carbonyl (C=O) groups is 1. The van der Waals surface area contributed by atoms with Gasteiger partial charge in [-0.25, -0.2) is 0 Å². The molecule has 0 aliphatic carbocycles. The first-order valence-corrected chi connectivity index (χ1v) is 6.33. The number of phenols is 2. The van der Waals surface area contributed by atoms with Crippen molar-refractivity contribution in [3.63, 3.8) is 0 Å². The van der Waals surface area contributed by atoms with E-state index in [0.717, 1.165) is 19.4 Å². The number of rotatable bonds is 2. The Morgan fingerprint density at radius 1 is 1.39 bits per heavy atom. The second-order valence-corrected chi connectivity index (χ2v) is 5.15. The Balaban J connectivity index is 2.25. The van der Waals surface area contributed by atoms with E-state index in [4.69, 9.17) is 0 Å². The molecule has 1 unspecified atom stereocenters. The van der Waals surface area contributed by atoms with Gasteiger partial charge in [0.1, 0.15) is 11.5 Å². The zero-order valence-electron chi connectivity index (χ0n) is 10.8. The first-order valence-electron chi connectivity index (χ1n) is 6.33. The fraction of sp³-hybridized carbons (Fsp3) is 0.500. The summed E-state index contributed by atoms with van der Waals surface area (Å²) in [6.45, 7) is 4.95. The molecule has 0 saturated carbocycles. The summed E-state index contributed by atoms with van der Waals surface area (Å²) in [6, 6.07) is 4.34. The third kappa shape index (κ3) is 2.28. The Morgan fingerprint density at radius 2 is 2.11 bits per heavy atom. The van der Waals surface area contributed by atoms with Gasteiger partial charge in [0.2, 0.25) is 0 Å². The van der Waals surface area contributed by atoms with Crippen molar-refractivity contribution in [1.29, 1.82) is 0 Å². The molecule has 4 nitrogen and oxygen atoms in total. The fourth-order valence-corrected chi connectivity index (χ4v) is 2.59. The van der Waals surface area contributed by atoms with Crippen LogP contribution in [0.15, 0.2) is 18.2 Å². The lowest BCUT2D eigenvalue weighted by molar-refractivity contribution is 0.0698. The molecule has 1 atom stereocenters. The molecule has 0 bridgehead atoms. The van der Waals surface area contributed by atoms with Gasteiger partial charge in [0, 0.05) is 18.7 Å². The van der Waals surface area contributed by atoms with E-state index in [2.05, 4.69) is 13.8 Å². The van der Waals surface area contributed by atoms with E-state index in [9.17, 15) is 15.0 Å². The Bertz CT molecular complexity index is 456. The fourth-order valence-electron chi connectivity index (χ4n) is 2.59. The van der Waals surface area contributed by atoms with Crippen molar-refractivity contribution in [3.05, 3.63) is 23.8 Å². The van der Waals surface area contributed by atoms with Crippen molar-refractivity contribution < 1.29 is 15.0 Å². The van der Waals surface area contributed by atoms with Crippen molar-refractivity contribution in [2.75, 3.05) is 6.54 Å². The Labute approximate surface area is 107 Å². The quantitative estimate of drug-likeness (QED) is 0.845. The Morgan fingerprint density at radius 3 is 2.72 bits per heavy atom. The normalized spacial score (nSPS) is 19.5. The van der Waals surface area contributed by atoms with E-state index < -0.39 is 0 Å². The minimum atomic E-state index is -0.158. The average Bonchev–Trinajstić information content (AvgIpc) is 2.77. The van der Waals surface area contributed by atoms with Gasteiger partial charge in [0.25, 0.3) is 5.91 Å². The van der Waals surface area contributed by atoms with E-state index in [1.54, 1.807) is 0 Å². The van der Waals surface area contributed by atoms with Crippen LogP contribution in [-0.2, 0) is 0 Å². The van der Waals surface area contributed by atoms with Gasteiger partial charge in [-0.1, -0.05) is 13.8 Å². The predicted molar refractivity (Wildman–Crippen MR) is 68.7 cm³/mol. The van der Waals surface area contributed by atoms with Gasteiger partial charge in [-0.15, -0.1) is 0 Å². The number of benzene rings is 1. The Kier molecular flexibility index (Phi) is 3.45. The molecule has 0 spiro atoms. The van der Waals surface area contributed by atoms with Gasteiger partial charge in [-0.3, -0.25) is 4.79 Å². The highest BCUT2D eigenvalue weighted by Gasteiger charge is 2.32. The highest BCUT2D eigenvalue weighted by molar-refractivity contribution is 5.97. The molecule has 1 aromatic carbocycles. The van der Waals surface area contributed by atoms with Crippen molar-refractivity contribution in [3.8, 4) is 11.5 Å². The third-order valence-corrected chi connectivity index (χ3v) is 3.54. The summed E-state index contributed by atoms with van der Waals surface area (Å²) in [6.07, 6.45) is 2.02. The van der Waals surface area contributed by atoms with E-state index in [1.807, 2.05) is 4.90 Å². The SMILES string of the molecule is CC(C)C1CCCN1C(=O)c1ccc(O)cc1O. The van der Waals surface area contributed by atoms with E-state index >= 15 is 0 Å². The topological polar surface area (TPSA) is 60.8 Å². The molecule has 1 aromatic rings. The maximum atomic E-state index is 12.4. The molecule has 1 fully saturated rings. The number of amides is 1. The molecule has 1 aliphatic rings. The lowest BCUT2D eigenvalue weighted by Gasteiger charge is -2.28. The summed E-state index contributed by atoms with van der Waals surface area (Å²) in [7, 11) is 0. The van der Waals surface area contributed by atoms with Crippen LogP contribution >= 0.6 is 0 Å². The minimum Gasteiger partial charge on any atom is -0.508 e. The minimum absolute atomic E-state index is 0.0362. The predicted octanol–water partition coefficient (Wildman–Crippen LogP) is 2.36. The summed E-state index contributed by atoms with van der Waals surface area (Å²) in [5.74, 6) is 0.0692. The lowest BCUT2D eigenvalue weighted by Crippen LogP contribution is -2.38. The zero-order valence-corrected chi connectivity index (χ0v) is 10.8. The van der Waals surface area contributed by atoms with Crippen LogP contribution in [0, 0.1) is 5.92 Å². The summed E-state index contributed by atoms with van der Waals surface area (Å²) >= 11 is 0. The summed E-state index contributed by atoms with van der Waals surface area (Å²) in [4.78, 5) is 14.2. The number of likely N-dealkylation sites (tertiary alicyclic amines) is 1. The second-order valence-electron chi connectivity index (χ2n) is 5.15. The van der Waals surface area contributed by atoms with Gasteiger partial charge >= 0.3 is 0 Å². The summed E-state index contributed by atoms with van der Waals surface area (Å²) < 4.78 is 0. The van der Waals surface area contributed by atoms with Crippen molar-refractivity contribution in [2.24, 2.45) is 5.92 Å². The lowest BCUT2D eigenvalue weighted by atomic mass is 10.0. The van der Waals surface area contributed by atoms with Crippen LogP contribution in [0.5, 0.6) is 11.5 Å². The molecule has 1 amide bonds. The van der Waals surface area contributed by atoms with Crippen LogP contribution < -0.4 is 0 Å². The molecule has 2 N–H and O–H groups in total. The summed E-state index contributed by atoms with van der Waals surface area (Å²) in [5.41, 5.74) is 0.264. The van der Waals surface area contributed by atoms with Gasteiger partial charge < -0.3 is 15.1 Å². The standard InChI is InChI=1S/C14H19NO3/c1-9(2)12-4-3-7-15(12)14(18)11-6-5-10(16)8-13(11)17/h5-6,8-9,12,16-17H,3-4,7H2,1-2H3. The van der Waals surface area contributed by atoms with Crippen molar-refractivity contribution in [1.82, 2.24) is 4.90 Å². The molecule has 2 rings (SSSR count). The van der Waals surface area contributed by atoms with Crippen molar-refractivity contribution in [2.45, 2.75) is 32.7 Å². The number of phenolic OH excluding ortho intramolecular Hbond substituents is 2. The Hall–Kier alpha value is -1.71. The number of carbonyl (C=O) groups excluding carboxylic acids is 1. The van der Waals surface area contributed by atoms with Gasteiger partial charge in [0.15, 0.2) is 0 Å². The molecule has 1 heterocycles. The second kappa shape index (κ2) is 4.88. The number of nitrogens with zero attached hydrogens (tertiary/aromatic N) is 1. The largest absolute Gasteiger partial charge is 0.508 e. The molecule has 0 aromatic heterocycles. The molecule has 4 heteroatoms. The smallest absolute Gasteiger partial charge is 0.257 e. The van der Waals surface area contributed by atoms with Crippen LogP contribution in [0.3, 0.4) is 0 Å². The molecular formula is C14H19NO3. The monoisotopic (exact) mass is 249 g/mol.